The maximum absolute atomic E-state index is 14.1. The highest BCUT2D eigenvalue weighted by molar-refractivity contribution is 5.51. The lowest BCUT2D eigenvalue weighted by Crippen LogP contribution is -2.25. The van der Waals surface area contributed by atoms with Crippen LogP contribution in [0.1, 0.15) is 42.5 Å². The van der Waals surface area contributed by atoms with E-state index >= 15 is 0 Å². The lowest BCUT2D eigenvalue weighted by molar-refractivity contribution is -0.109. The van der Waals surface area contributed by atoms with Crippen molar-refractivity contribution in [1.29, 1.82) is 0 Å². The number of nitrogens with two attached hydrogens (primary N) is 2. The van der Waals surface area contributed by atoms with Gasteiger partial charge in [0.05, 0.1) is 25.0 Å². The molecule has 0 atom stereocenters. The van der Waals surface area contributed by atoms with Crippen LogP contribution in [0.2, 0.25) is 0 Å². The predicted molar refractivity (Wildman–Crippen MR) is 136 cm³/mol. The van der Waals surface area contributed by atoms with Gasteiger partial charge < -0.3 is 25.2 Å². The Morgan fingerprint density at radius 2 is 2.11 bits per heavy atom. The van der Waals surface area contributed by atoms with Crippen molar-refractivity contribution in [3.05, 3.63) is 83.8 Å². The third-order valence-electron chi connectivity index (χ3n) is 5.72. The third-order valence-corrected chi connectivity index (χ3v) is 5.72. The Bertz CT molecular complexity index is 1380. The molecule has 0 bridgehead atoms. The van der Waals surface area contributed by atoms with E-state index in [1.807, 2.05) is 13.1 Å². The van der Waals surface area contributed by atoms with Gasteiger partial charge in [-0.15, -0.1) is 0 Å². The fourth-order valence-electron chi connectivity index (χ4n) is 3.90. The number of amides is 1. The fourth-order valence-corrected chi connectivity index (χ4v) is 3.90. The second-order valence-electron chi connectivity index (χ2n) is 8.70. The smallest absolute Gasteiger partial charge is 0.207 e. The fraction of sp³-hybridized carbons (Fsp3) is 0.280. The van der Waals surface area contributed by atoms with Crippen LogP contribution in [-0.2, 0) is 17.9 Å². The normalized spacial score (nSPS) is 13.1. The summed E-state index contributed by atoms with van der Waals surface area (Å²) < 4.78 is 22.5. The minimum absolute atomic E-state index is 0.0434. The summed E-state index contributed by atoms with van der Waals surface area (Å²) in [6.07, 6.45) is 11.8. The molecule has 1 aliphatic carbocycles. The molecule has 4 aromatic rings. The molecule has 5 rings (SSSR count). The van der Waals surface area contributed by atoms with Gasteiger partial charge in [0, 0.05) is 36.4 Å². The molecule has 0 saturated heterocycles. The van der Waals surface area contributed by atoms with Crippen LogP contribution in [0.15, 0.2) is 61.2 Å². The summed E-state index contributed by atoms with van der Waals surface area (Å²) in [5, 5.41) is 7.91. The number of pyridine rings is 1. The summed E-state index contributed by atoms with van der Waals surface area (Å²) in [6, 6.07) is 7.39. The molecule has 0 aliphatic heterocycles. The molecule has 1 fully saturated rings. The number of nitrogens with one attached hydrogen (secondary N) is 1. The second-order valence-corrected chi connectivity index (χ2v) is 8.70. The zero-order valence-corrected chi connectivity index (χ0v) is 20.7. The first-order chi connectivity index (χ1) is 17.9. The Morgan fingerprint density at radius 1 is 1.30 bits per heavy atom. The number of carbonyl (C=O) groups excluding carboxylic acids is 1. The van der Waals surface area contributed by atoms with Gasteiger partial charge >= 0.3 is 0 Å². The van der Waals surface area contributed by atoms with Crippen LogP contribution in [0.5, 0.6) is 5.75 Å². The molecule has 12 heteroatoms. The van der Waals surface area contributed by atoms with Gasteiger partial charge in [-0.2, -0.15) is 5.10 Å². The van der Waals surface area contributed by atoms with Crippen molar-refractivity contribution in [1.82, 2.24) is 34.5 Å². The number of rotatable bonds is 9. The highest BCUT2D eigenvalue weighted by Gasteiger charge is 2.23. The quantitative estimate of drug-likeness (QED) is 0.178. The third kappa shape index (κ3) is 6.41. The highest BCUT2D eigenvalue weighted by atomic mass is 19.1. The van der Waals surface area contributed by atoms with Gasteiger partial charge in [-0.05, 0) is 49.4 Å². The van der Waals surface area contributed by atoms with E-state index in [2.05, 4.69) is 43.1 Å². The van der Waals surface area contributed by atoms with Crippen molar-refractivity contribution in [2.24, 2.45) is 11.6 Å². The maximum atomic E-state index is 14.1. The molecular formula is C25H30FN9O2. The molecule has 3 heterocycles. The number of halogens is 1. The number of benzene rings is 1. The van der Waals surface area contributed by atoms with Crippen molar-refractivity contribution in [3.8, 4) is 11.4 Å². The van der Waals surface area contributed by atoms with Crippen LogP contribution in [0.4, 0.5) is 4.39 Å². The van der Waals surface area contributed by atoms with Gasteiger partial charge in [-0.1, -0.05) is 6.07 Å². The number of carbonyl (C=O) groups is 1. The summed E-state index contributed by atoms with van der Waals surface area (Å²) in [4.78, 5) is 18.7. The van der Waals surface area contributed by atoms with E-state index in [9.17, 15) is 9.18 Å². The number of allylic oxidation sites excluding steroid dienone is 1. The van der Waals surface area contributed by atoms with E-state index in [4.69, 9.17) is 16.3 Å². The average Bonchev–Trinajstić information content (AvgIpc) is 3.42. The molecule has 1 amide bonds. The van der Waals surface area contributed by atoms with Crippen molar-refractivity contribution < 1.29 is 13.9 Å². The molecule has 1 saturated carbocycles. The van der Waals surface area contributed by atoms with E-state index in [1.165, 1.54) is 48.9 Å². The predicted octanol–water partition coefficient (Wildman–Crippen LogP) is 2.37. The monoisotopic (exact) mass is 507 g/mol. The summed E-state index contributed by atoms with van der Waals surface area (Å²) in [7, 11) is 1.38. The summed E-state index contributed by atoms with van der Waals surface area (Å²) in [6.45, 7) is 2.40. The maximum Gasteiger partial charge on any atom is 0.207 e. The van der Waals surface area contributed by atoms with Crippen molar-refractivity contribution in [2.75, 3.05) is 7.11 Å². The first kappa shape index (κ1) is 25.6. The number of hydrogen-bond acceptors (Lipinski definition) is 8. The standard InChI is InChI=1S/C14H19N5.C11H11FN4O2/c1-10(15)6-19(16)9-13-8-18-7-12(11-2-3-11)4-5-14(18)17-13;1-18-10-3-2-9(16-6-14-5-15-16)8(11(10)12)4-13-7-17/h4-8,11H,2-3,9,15-16H2,1H3;2-3,5-7H,4H2,1H3,(H,13,17)/b10-6-;. The number of methoxy groups -OCH3 is 1. The van der Waals surface area contributed by atoms with Crippen LogP contribution < -0.4 is 21.6 Å². The van der Waals surface area contributed by atoms with E-state index in [-0.39, 0.29) is 17.9 Å². The zero-order chi connectivity index (χ0) is 26.4. The average molecular weight is 508 g/mol. The number of aromatic nitrogens is 5. The molecule has 0 spiro atoms. The van der Waals surface area contributed by atoms with Crippen LogP contribution in [0, 0.1) is 5.82 Å². The van der Waals surface area contributed by atoms with Gasteiger partial charge in [0.15, 0.2) is 11.6 Å². The molecule has 0 radical (unpaired) electrons. The van der Waals surface area contributed by atoms with Crippen molar-refractivity contribution in [3.63, 3.8) is 0 Å². The van der Waals surface area contributed by atoms with Crippen molar-refractivity contribution >= 4 is 12.1 Å². The minimum Gasteiger partial charge on any atom is -0.494 e. The van der Waals surface area contributed by atoms with Crippen LogP contribution in [0.25, 0.3) is 11.3 Å². The molecule has 37 heavy (non-hydrogen) atoms. The number of hydrazine groups is 1. The number of hydrogen-bond donors (Lipinski definition) is 3. The Labute approximate surface area is 213 Å². The molecule has 5 N–H and O–H groups in total. The zero-order valence-electron chi connectivity index (χ0n) is 20.7. The number of imidazole rings is 1. The van der Waals surface area contributed by atoms with Crippen LogP contribution >= 0.6 is 0 Å². The first-order valence-corrected chi connectivity index (χ1v) is 11.7. The van der Waals surface area contributed by atoms with Crippen LogP contribution in [0.3, 0.4) is 0 Å². The van der Waals surface area contributed by atoms with E-state index in [0.717, 1.165) is 17.3 Å². The molecule has 1 aliphatic rings. The Kier molecular flexibility index (Phi) is 7.98. The van der Waals surface area contributed by atoms with Crippen molar-refractivity contribution in [2.45, 2.75) is 38.8 Å². The molecule has 194 valence electrons. The van der Waals surface area contributed by atoms with Gasteiger partial charge in [-0.3, -0.25) is 4.79 Å². The molecule has 3 aromatic heterocycles. The highest BCUT2D eigenvalue weighted by Crippen LogP contribution is 2.39. The Balaban J connectivity index is 0.000000173. The van der Waals surface area contributed by atoms with Gasteiger partial charge in [0.25, 0.3) is 0 Å². The van der Waals surface area contributed by atoms with Gasteiger partial charge in [0.1, 0.15) is 18.3 Å². The largest absolute Gasteiger partial charge is 0.494 e. The number of ether oxygens (including phenoxy) is 1. The van der Waals surface area contributed by atoms with E-state index in [0.29, 0.717) is 24.3 Å². The molecular weight excluding hydrogens is 477 g/mol. The second kappa shape index (κ2) is 11.5. The van der Waals surface area contributed by atoms with Gasteiger partial charge in [-0.25, -0.2) is 24.9 Å². The van der Waals surface area contributed by atoms with Gasteiger partial charge in [0.2, 0.25) is 6.41 Å². The summed E-state index contributed by atoms with van der Waals surface area (Å²) in [5.41, 5.74) is 10.4. The first-order valence-electron chi connectivity index (χ1n) is 11.7. The Hall–Kier alpha value is -4.45. The number of nitrogens with zero attached hydrogens (tertiary/aromatic N) is 6. The Morgan fingerprint density at radius 3 is 2.76 bits per heavy atom. The molecule has 0 unspecified atom stereocenters. The van der Waals surface area contributed by atoms with Crippen LogP contribution in [-0.4, -0.2) is 42.7 Å². The SMILES string of the molecule is C/C(N)=C/N(N)Cc1cn2cc(C3CC3)ccc2n1.COc1ccc(-n2cncn2)c(CNC=O)c1F. The minimum atomic E-state index is -0.528. The molecule has 11 nitrogen and oxygen atoms in total. The molecule has 1 aromatic carbocycles. The summed E-state index contributed by atoms with van der Waals surface area (Å²) in [5.74, 6) is 6.18. The number of fused-ring (bicyclic) bond motifs is 1. The lowest BCUT2D eigenvalue weighted by atomic mass is 10.1. The van der Waals surface area contributed by atoms with E-state index < -0.39 is 5.82 Å². The topological polar surface area (TPSA) is 142 Å². The van der Waals surface area contributed by atoms with E-state index in [1.54, 1.807) is 17.3 Å². The lowest BCUT2D eigenvalue weighted by Gasteiger charge is -2.12. The summed E-state index contributed by atoms with van der Waals surface area (Å²) >= 11 is 0.